The van der Waals surface area contributed by atoms with E-state index in [2.05, 4.69) is 22.2 Å². The fourth-order valence-electron chi connectivity index (χ4n) is 2.95. The standard InChI is InChI=1S/C16H21FN4O/c1-20-6-5-14(10-20)21(2)16(22)18-9-13-8-11-7-12(17)3-4-15(11)19-13/h3-4,7-8,14,19H,5-6,9-10H2,1-2H3,(H,18,22)/t14-/m0/s1. The summed E-state index contributed by atoms with van der Waals surface area (Å²) < 4.78 is 13.2. The van der Waals surface area contributed by atoms with E-state index in [1.54, 1.807) is 11.0 Å². The smallest absolute Gasteiger partial charge is 0.317 e. The molecule has 6 heteroatoms. The lowest BCUT2D eigenvalue weighted by Crippen LogP contribution is -2.44. The number of nitrogens with zero attached hydrogens (tertiary/aromatic N) is 2. The largest absolute Gasteiger partial charge is 0.357 e. The molecule has 2 heterocycles. The third kappa shape index (κ3) is 3.06. The monoisotopic (exact) mass is 304 g/mol. The summed E-state index contributed by atoms with van der Waals surface area (Å²) in [6.45, 7) is 2.34. The van der Waals surface area contributed by atoms with Crippen LogP contribution < -0.4 is 5.32 Å². The number of halogens is 1. The Bertz CT molecular complexity index is 684. The number of nitrogens with one attached hydrogen (secondary N) is 2. The molecule has 2 aromatic rings. The summed E-state index contributed by atoms with van der Waals surface area (Å²) in [5, 5.41) is 3.72. The molecular formula is C16H21FN4O. The minimum atomic E-state index is -0.257. The van der Waals surface area contributed by atoms with Crippen molar-refractivity contribution in [1.82, 2.24) is 20.1 Å². The maximum Gasteiger partial charge on any atom is 0.317 e. The molecule has 0 aliphatic carbocycles. The van der Waals surface area contributed by atoms with Crippen molar-refractivity contribution in [3.8, 4) is 0 Å². The molecule has 1 aliphatic rings. The number of amides is 2. The Morgan fingerprint density at radius 1 is 1.50 bits per heavy atom. The van der Waals surface area contributed by atoms with Crippen LogP contribution in [0, 0.1) is 5.82 Å². The minimum Gasteiger partial charge on any atom is -0.357 e. The average Bonchev–Trinajstić information content (AvgIpc) is 3.09. The lowest BCUT2D eigenvalue weighted by atomic mass is 10.2. The lowest BCUT2D eigenvalue weighted by Gasteiger charge is -2.24. The van der Waals surface area contributed by atoms with E-state index < -0.39 is 0 Å². The number of aromatic nitrogens is 1. The van der Waals surface area contributed by atoms with E-state index in [0.29, 0.717) is 6.54 Å². The number of likely N-dealkylation sites (tertiary alicyclic amines) is 1. The Morgan fingerprint density at radius 2 is 2.32 bits per heavy atom. The Labute approximate surface area is 129 Å². The van der Waals surface area contributed by atoms with Crippen molar-refractivity contribution in [1.29, 1.82) is 0 Å². The van der Waals surface area contributed by atoms with Crippen molar-refractivity contribution in [2.24, 2.45) is 0 Å². The van der Waals surface area contributed by atoms with Crippen molar-refractivity contribution in [3.05, 3.63) is 35.8 Å². The number of fused-ring (bicyclic) bond motifs is 1. The number of carbonyl (C=O) groups is 1. The maximum atomic E-state index is 13.2. The summed E-state index contributed by atoms with van der Waals surface area (Å²) in [6, 6.07) is 6.66. The highest BCUT2D eigenvalue weighted by atomic mass is 19.1. The second kappa shape index (κ2) is 5.96. The molecule has 22 heavy (non-hydrogen) atoms. The number of H-pyrrole nitrogens is 1. The molecule has 3 rings (SSSR count). The number of benzene rings is 1. The van der Waals surface area contributed by atoms with Crippen LogP contribution in [0.4, 0.5) is 9.18 Å². The van der Waals surface area contributed by atoms with Gasteiger partial charge in [0.1, 0.15) is 5.82 Å². The van der Waals surface area contributed by atoms with Crippen LogP contribution in [0.5, 0.6) is 0 Å². The van der Waals surface area contributed by atoms with E-state index in [0.717, 1.165) is 36.1 Å². The number of carbonyl (C=O) groups excluding carboxylic acids is 1. The van der Waals surface area contributed by atoms with E-state index in [1.165, 1.54) is 12.1 Å². The van der Waals surface area contributed by atoms with E-state index in [-0.39, 0.29) is 17.9 Å². The lowest BCUT2D eigenvalue weighted by molar-refractivity contribution is 0.190. The van der Waals surface area contributed by atoms with Gasteiger partial charge < -0.3 is 20.1 Å². The zero-order valence-corrected chi connectivity index (χ0v) is 12.9. The fraction of sp³-hybridized carbons (Fsp3) is 0.438. The van der Waals surface area contributed by atoms with Crippen molar-refractivity contribution >= 4 is 16.9 Å². The number of aromatic amines is 1. The van der Waals surface area contributed by atoms with Crippen LogP contribution in [0.25, 0.3) is 10.9 Å². The zero-order valence-electron chi connectivity index (χ0n) is 12.9. The van der Waals surface area contributed by atoms with Crippen molar-refractivity contribution < 1.29 is 9.18 Å². The van der Waals surface area contributed by atoms with Crippen LogP contribution in [0.1, 0.15) is 12.1 Å². The van der Waals surface area contributed by atoms with Gasteiger partial charge in [-0.25, -0.2) is 9.18 Å². The summed E-state index contributed by atoms with van der Waals surface area (Å²) in [5.41, 5.74) is 1.74. The van der Waals surface area contributed by atoms with Crippen LogP contribution in [-0.4, -0.2) is 54.0 Å². The first-order valence-electron chi connectivity index (χ1n) is 7.49. The highest BCUT2D eigenvalue weighted by Crippen LogP contribution is 2.17. The van der Waals surface area contributed by atoms with Crippen LogP contribution in [-0.2, 0) is 6.54 Å². The Morgan fingerprint density at radius 3 is 3.05 bits per heavy atom. The van der Waals surface area contributed by atoms with Crippen LogP contribution >= 0.6 is 0 Å². The molecule has 0 saturated carbocycles. The van der Waals surface area contributed by atoms with E-state index in [1.807, 2.05) is 13.1 Å². The first-order chi connectivity index (χ1) is 10.5. The van der Waals surface area contributed by atoms with Gasteiger partial charge in [0.05, 0.1) is 6.54 Å². The number of hydrogen-bond acceptors (Lipinski definition) is 2. The van der Waals surface area contributed by atoms with Gasteiger partial charge in [-0.3, -0.25) is 0 Å². The molecule has 0 radical (unpaired) electrons. The fourth-order valence-corrected chi connectivity index (χ4v) is 2.95. The van der Waals surface area contributed by atoms with E-state index in [4.69, 9.17) is 0 Å². The average molecular weight is 304 g/mol. The molecule has 0 unspecified atom stereocenters. The quantitative estimate of drug-likeness (QED) is 0.913. The first kappa shape index (κ1) is 14.8. The van der Waals surface area contributed by atoms with Gasteiger partial charge in [-0.15, -0.1) is 0 Å². The highest BCUT2D eigenvalue weighted by molar-refractivity contribution is 5.80. The third-order valence-electron chi connectivity index (χ3n) is 4.30. The predicted molar refractivity (Wildman–Crippen MR) is 84.2 cm³/mol. The molecule has 118 valence electrons. The van der Waals surface area contributed by atoms with Gasteiger partial charge >= 0.3 is 6.03 Å². The normalized spacial score (nSPS) is 18.8. The molecule has 1 aromatic carbocycles. The summed E-state index contributed by atoms with van der Waals surface area (Å²) in [5.74, 6) is -0.257. The summed E-state index contributed by atoms with van der Waals surface area (Å²) in [4.78, 5) is 19.4. The van der Waals surface area contributed by atoms with Crippen LogP contribution in [0.2, 0.25) is 0 Å². The van der Waals surface area contributed by atoms with Gasteiger partial charge in [-0.2, -0.15) is 0 Å². The molecule has 2 N–H and O–H groups in total. The predicted octanol–water partition coefficient (Wildman–Crippen LogP) is 2.15. The Balaban J connectivity index is 1.59. The topological polar surface area (TPSA) is 51.4 Å². The first-order valence-corrected chi connectivity index (χ1v) is 7.49. The molecule has 1 fully saturated rings. The van der Waals surface area contributed by atoms with Crippen molar-refractivity contribution in [2.75, 3.05) is 27.2 Å². The molecule has 5 nitrogen and oxygen atoms in total. The molecule has 1 atom stereocenters. The second-order valence-corrected chi connectivity index (χ2v) is 6.00. The zero-order chi connectivity index (χ0) is 15.7. The van der Waals surface area contributed by atoms with Gasteiger partial charge in [0, 0.05) is 36.2 Å². The number of urea groups is 1. The SMILES string of the molecule is CN1CC[C@H](N(C)C(=O)NCc2cc3cc(F)ccc3[nH]2)C1. The molecule has 0 spiro atoms. The van der Waals surface area contributed by atoms with Gasteiger partial charge in [-0.05, 0) is 44.3 Å². The Hall–Kier alpha value is -2.08. The van der Waals surface area contributed by atoms with Crippen molar-refractivity contribution in [3.63, 3.8) is 0 Å². The molecular weight excluding hydrogens is 283 g/mol. The minimum absolute atomic E-state index is 0.0786. The number of likely N-dealkylation sites (N-methyl/N-ethyl adjacent to an activating group) is 2. The molecule has 0 bridgehead atoms. The third-order valence-corrected chi connectivity index (χ3v) is 4.30. The van der Waals surface area contributed by atoms with E-state index in [9.17, 15) is 9.18 Å². The molecule has 1 aromatic heterocycles. The van der Waals surface area contributed by atoms with Gasteiger partial charge in [0.15, 0.2) is 0 Å². The summed E-state index contributed by atoms with van der Waals surface area (Å²) >= 11 is 0. The molecule has 1 aliphatic heterocycles. The number of hydrogen-bond donors (Lipinski definition) is 2. The second-order valence-electron chi connectivity index (χ2n) is 6.00. The molecule has 2 amide bonds. The van der Waals surface area contributed by atoms with Crippen molar-refractivity contribution in [2.45, 2.75) is 19.0 Å². The number of rotatable bonds is 3. The highest BCUT2D eigenvalue weighted by Gasteiger charge is 2.26. The van der Waals surface area contributed by atoms with Gasteiger partial charge in [-0.1, -0.05) is 0 Å². The Kier molecular flexibility index (Phi) is 4.02. The van der Waals surface area contributed by atoms with Crippen LogP contribution in [0.3, 0.4) is 0 Å². The summed E-state index contributed by atoms with van der Waals surface area (Å²) in [6.07, 6.45) is 1.01. The van der Waals surface area contributed by atoms with E-state index >= 15 is 0 Å². The van der Waals surface area contributed by atoms with Gasteiger partial charge in [0.2, 0.25) is 0 Å². The van der Waals surface area contributed by atoms with Crippen LogP contribution in [0.15, 0.2) is 24.3 Å². The van der Waals surface area contributed by atoms with Gasteiger partial charge in [0.25, 0.3) is 0 Å². The maximum absolute atomic E-state index is 13.2. The summed E-state index contributed by atoms with van der Waals surface area (Å²) in [7, 11) is 3.90. The molecule has 1 saturated heterocycles.